The van der Waals surface area contributed by atoms with Crippen molar-refractivity contribution in [1.82, 2.24) is 9.97 Å². The van der Waals surface area contributed by atoms with Gasteiger partial charge < -0.3 is 10.5 Å². The first kappa shape index (κ1) is 9.92. The highest BCUT2D eigenvalue weighted by Crippen LogP contribution is 2.27. The summed E-state index contributed by atoms with van der Waals surface area (Å²) < 4.78 is 6.28. The predicted molar refractivity (Wildman–Crippen MR) is 60.7 cm³/mol. The Balaban J connectivity index is 2.26. The van der Waals surface area contributed by atoms with Crippen molar-refractivity contribution in [2.75, 3.05) is 5.73 Å². The highest BCUT2D eigenvalue weighted by atomic mass is 79.9. The molecule has 1 aromatic carbocycles. The minimum Gasteiger partial charge on any atom is -0.423 e. The summed E-state index contributed by atoms with van der Waals surface area (Å²) in [5, 5.41) is 0. The zero-order valence-corrected chi connectivity index (χ0v) is 9.31. The second kappa shape index (κ2) is 4.27. The number of anilines is 1. The first-order valence-electron chi connectivity index (χ1n) is 4.26. The molecule has 0 aliphatic rings. The van der Waals surface area contributed by atoms with Crippen LogP contribution in [0, 0.1) is 0 Å². The molecule has 2 rings (SSSR count). The maximum Gasteiger partial charge on any atom is 0.323 e. The lowest BCUT2D eigenvalue weighted by Crippen LogP contribution is -1.95. The molecule has 0 aliphatic carbocycles. The number of para-hydroxylation sites is 1. The van der Waals surface area contributed by atoms with Gasteiger partial charge in [-0.2, -0.15) is 4.98 Å². The standard InChI is InChI=1S/C10H8BrN3O/c11-7-3-1-2-4-8(7)15-10-13-6-5-9(12)14-10/h1-6H,(H2,12,13,14). The number of nitrogens with zero attached hydrogens (tertiary/aromatic N) is 2. The number of nitrogens with two attached hydrogens (primary N) is 1. The molecule has 2 aromatic rings. The van der Waals surface area contributed by atoms with Crippen molar-refractivity contribution in [3.63, 3.8) is 0 Å². The quantitative estimate of drug-likeness (QED) is 0.907. The van der Waals surface area contributed by atoms with Gasteiger partial charge in [0.25, 0.3) is 0 Å². The van der Waals surface area contributed by atoms with E-state index in [1.807, 2.05) is 24.3 Å². The van der Waals surface area contributed by atoms with E-state index in [0.717, 1.165) is 4.47 Å². The van der Waals surface area contributed by atoms with E-state index >= 15 is 0 Å². The van der Waals surface area contributed by atoms with Gasteiger partial charge in [0, 0.05) is 6.20 Å². The average Bonchev–Trinajstić information content (AvgIpc) is 2.22. The van der Waals surface area contributed by atoms with E-state index in [1.54, 1.807) is 12.3 Å². The molecule has 76 valence electrons. The summed E-state index contributed by atoms with van der Waals surface area (Å²) in [5.74, 6) is 1.04. The van der Waals surface area contributed by atoms with E-state index in [4.69, 9.17) is 10.5 Å². The van der Waals surface area contributed by atoms with Crippen LogP contribution in [0.1, 0.15) is 0 Å². The molecule has 5 heteroatoms. The summed E-state index contributed by atoms with van der Waals surface area (Å²) in [7, 11) is 0. The van der Waals surface area contributed by atoms with Gasteiger partial charge in [0.15, 0.2) is 0 Å². The molecule has 1 aromatic heterocycles. The van der Waals surface area contributed by atoms with Crippen LogP contribution in [0.5, 0.6) is 11.8 Å². The fourth-order valence-corrected chi connectivity index (χ4v) is 1.39. The molecule has 0 spiro atoms. The fraction of sp³-hybridized carbons (Fsp3) is 0. The minimum atomic E-state index is 0.238. The highest BCUT2D eigenvalue weighted by Gasteiger charge is 2.03. The van der Waals surface area contributed by atoms with E-state index < -0.39 is 0 Å². The molecule has 0 atom stereocenters. The van der Waals surface area contributed by atoms with Gasteiger partial charge in [-0.25, -0.2) is 4.98 Å². The van der Waals surface area contributed by atoms with Crippen molar-refractivity contribution < 1.29 is 4.74 Å². The largest absolute Gasteiger partial charge is 0.423 e. The lowest BCUT2D eigenvalue weighted by Gasteiger charge is -2.05. The van der Waals surface area contributed by atoms with Gasteiger partial charge in [0.05, 0.1) is 4.47 Å². The molecule has 0 fully saturated rings. The van der Waals surface area contributed by atoms with Crippen LogP contribution in [-0.4, -0.2) is 9.97 Å². The summed E-state index contributed by atoms with van der Waals surface area (Å²) in [6, 6.07) is 9.30. The number of aromatic nitrogens is 2. The summed E-state index contributed by atoms with van der Waals surface area (Å²) in [6.07, 6.45) is 1.55. The molecule has 0 saturated heterocycles. The van der Waals surface area contributed by atoms with Crippen LogP contribution in [0.2, 0.25) is 0 Å². The van der Waals surface area contributed by atoms with Crippen molar-refractivity contribution in [2.45, 2.75) is 0 Å². The molecule has 4 nitrogen and oxygen atoms in total. The molecule has 0 radical (unpaired) electrons. The Morgan fingerprint density at radius 3 is 2.73 bits per heavy atom. The van der Waals surface area contributed by atoms with Crippen molar-refractivity contribution in [2.24, 2.45) is 0 Å². The number of nitrogen functional groups attached to an aromatic ring is 1. The number of halogens is 1. The van der Waals surface area contributed by atoms with E-state index in [9.17, 15) is 0 Å². The van der Waals surface area contributed by atoms with Gasteiger partial charge in [0.2, 0.25) is 0 Å². The summed E-state index contributed by atoms with van der Waals surface area (Å²) in [4.78, 5) is 7.87. The molecule has 0 aliphatic heterocycles. The van der Waals surface area contributed by atoms with Gasteiger partial charge in [-0.1, -0.05) is 12.1 Å². The lowest BCUT2D eigenvalue weighted by atomic mass is 10.3. The van der Waals surface area contributed by atoms with E-state index in [0.29, 0.717) is 11.6 Å². The van der Waals surface area contributed by atoms with E-state index in [1.165, 1.54) is 0 Å². The van der Waals surface area contributed by atoms with E-state index in [-0.39, 0.29) is 6.01 Å². The molecular weight excluding hydrogens is 258 g/mol. The van der Waals surface area contributed by atoms with Gasteiger partial charge in [-0.05, 0) is 34.1 Å². The van der Waals surface area contributed by atoms with Gasteiger partial charge in [-0.15, -0.1) is 0 Å². The Morgan fingerprint density at radius 1 is 1.20 bits per heavy atom. The van der Waals surface area contributed by atoms with Crippen LogP contribution in [0.25, 0.3) is 0 Å². The Bertz CT molecular complexity index is 476. The fourth-order valence-electron chi connectivity index (χ4n) is 1.03. The predicted octanol–water partition coefficient (Wildman–Crippen LogP) is 2.61. The molecule has 0 bridgehead atoms. The Kier molecular flexibility index (Phi) is 2.82. The third kappa shape index (κ3) is 2.44. The highest BCUT2D eigenvalue weighted by molar-refractivity contribution is 9.10. The molecule has 0 saturated carbocycles. The minimum absolute atomic E-state index is 0.238. The van der Waals surface area contributed by atoms with Crippen molar-refractivity contribution in [3.8, 4) is 11.8 Å². The Hall–Kier alpha value is -1.62. The third-order valence-corrected chi connectivity index (χ3v) is 2.35. The number of hydrogen-bond donors (Lipinski definition) is 1. The smallest absolute Gasteiger partial charge is 0.323 e. The van der Waals surface area contributed by atoms with Crippen molar-refractivity contribution in [3.05, 3.63) is 41.0 Å². The van der Waals surface area contributed by atoms with Crippen LogP contribution in [0.15, 0.2) is 41.0 Å². The zero-order chi connectivity index (χ0) is 10.7. The first-order chi connectivity index (χ1) is 7.25. The van der Waals surface area contributed by atoms with Crippen LogP contribution in [0.4, 0.5) is 5.82 Å². The number of hydrogen-bond acceptors (Lipinski definition) is 4. The van der Waals surface area contributed by atoms with Crippen molar-refractivity contribution >= 4 is 21.7 Å². The normalized spacial score (nSPS) is 9.93. The maximum absolute atomic E-state index is 5.51. The second-order valence-corrected chi connectivity index (χ2v) is 3.65. The van der Waals surface area contributed by atoms with Crippen LogP contribution >= 0.6 is 15.9 Å². The molecule has 0 unspecified atom stereocenters. The molecular formula is C10H8BrN3O. The molecule has 0 amide bonds. The monoisotopic (exact) mass is 265 g/mol. The van der Waals surface area contributed by atoms with Gasteiger partial charge in [-0.3, -0.25) is 0 Å². The van der Waals surface area contributed by atoms with Crippen LogP contribution in [-0.2, 0) is 0 Å². The average molecular weight is 266 g/mol. The summed E-state index contributed by atoms with van der Waals surface area (Å²) in [5.41, 5.74) is 5.51. The topological polar surface area (TPSA) is 61.0 Å². The Labute approximate surface area is 95.2 Å². The number of benzene rings is 1. The Morgan fingerprint density at radius 2 is 2.00 bits per heavy atom. The van der Waals surface area contributed by atoms with Crippen LogP contribution < -0.4 is 10.5 Å². The first-order valence-corrected chi connectivity index (χ1v) is 5.06. The summed E-state index contributed by atoms with van der Waals surface area (Å²) >= 11 is 3.36. The second-order valence-electron chi connectivity index (χ2n) is 2.80. The van der Waals surface area contributed by atoms with Gasteiger partial charge >= 0.3 is 6.01 Å². The molecule has 15 heavy (non-hydrogen) atoms. The maximum atomic E-state index is 5.51. The number of rotatable bonds is 2. The third-order valence-electron chi connectivity index (χ3n) is 1.69. The summed E-state index contributed by atoms with van der Waals surface area (Å²) in [6.45, 7) is 0. The number of ether oxygens (including phenoxy) is 1. The SMILES string of the molecule is Nc1ccnc(Oc2ccccc2Br)n1. The van der Waals surface area contributed by atoms with Crippen molar-refractivity contribution in [1.29, 1.82) is 0 Å². The zero-order valence-electron chi connectivity index (χ0n) is 7.72. The molecule has 2 N–H and O–H groups in total. The van der Waals surface area contributed by atoms with Gasteiger partial charge in [0.1, 0.15) is 11.6 Å². The van der Waals surface area contributed by atoms with Crippen LogP contribution in [0.3, 0.4) is 0 Å². The lowest BCUT2D eigenvalue weighted by molar-refractivity contribution is 0.440. The van der Waals surface area contributed by atoms with E-state index in [2.05, 4.69) is 25.9 Å². The molecule has 1 heterocycles.